The fourth-order valence-corrected chi connectivity index (χ4v) is 1.31. The number of ether oxygens (including phenoxy) is 1. The summed E-state index contributed by atoms with van der Waals surface area (Å²) in [6.07, 6.45) is 2.20. The third-order valence-corrected chi connectivity index (χ3v) is 2.55. The van der Waals surface area contributed by atoms with E-state index < -0.39 is 0 Å². The van der Waals surface area contributed by atoms with E-state index in [1.54, 1.807) is 0 Å². The van der Waals surface area contributed by atoms with Crippen molar-refractivity contribution in [2.24, 2.45) is 5.41 Å². The van der Waals surface area contributed by atoms with Gasteiger partial charge in [-0.3, -0.25) is 0 Å². The van der Waals surface area contributed by atoms with E-state index in [0.717, 1.165) is 0 Å². The van der Waals surface area contributed by atoms with Crippen LogP contribution in [0.15, 0.2) is 0 Å². The molecule has 3 heteroatoms. The van der Waals surface area contributed by atoms with Gasteiger partial charge in [0.25, 0.3) is 0 Å². The fraction of sp³-hybridized carbons (Fsp3) is 0.857. The van der Waals surface area contributed by atoms with Gasteiger partial charge in [0.15, 0.2) is 0 Å². The second kappa shape index (κ2) is 1.65. The summed E-state index contributed by atoms with van der Waals surface area (Å²) in [7, 11) is 0. The van der Waals surface area contributed by atoms with Crippen LogP contribution < -0.4 is 5.32 Å². The maximum atomic E-state index is 10.6. The molecule has 1 atom stereocenters. The van der Waals surface area contributed by atoms with Gasteiger partial charge in [-0.05, 0) is 18.3 Å². The van der Waals surface area contributed by atoms with Crippen LogP contribution in [0.4, 0.5) is 4.79 Å². The molecule has 1 aliphatic heterocycles. The van der Waals surface area contributed by atoms with Gasteiger partial charge < -0.3 is 10.1 Å². The Morgan fingerprint density at radius 3 is 2.80 bits per heavy atom. The number of amides is 1. The molecule has 2 rings (SSSR count). The molecule has 1 heterocycles. The molecule has 0 spiro atoms. The summed E-state index contributed by atoms with van der Waals surface area (Å²) < 4.78 is 4.78. The summed E-state index contributed by atoms with van der Waals surface area (Å²) in [6.45, 7) is 2.75. The maximum Gasteiger partial charge on any atom is 0.407 e. The second-order valence-electron chi connectivity index (χ2n) is 3.45. The van der Waals surface area contributed by atoms with Gasteiger partial charge in [0.05, 0.1) is 6.04 Å². The van der Waals surface area contributed by atoms with E-state index >= 15 is 0 Å². The number of hydrogen-bond donors (Lipinski definition) is 1. The fourth-order valence-electron chi connectivity index (χ4n) is 1.31. The van der Waals surface area contributed by atoms with Crippen molar-refractivity contribution < 1.29 is 9.53 Å². The average Bonchev–Trinajstić information content (AvgIpc) is 2.45. The molecule has 3 nitrogen and oxygen atoms in total. The lowest BCUT2D eigenvalue weighted by atomic mass is 10.0. The van der Waals surface area contributed by atoms with Crippen LogP contribution in [0.5, 0.6) is 0 Å². The van der Waals surface area contributed by atoms with Gasteiger partial charge in [0.1, 0.15) is 6.61 Å². The predicted molar refractivity (Wildman–Crippen MR) is 35.6 cm³/mol. The zero-order valence-electron chi connectivity index (χ0n) is 6.02. The van der Waals surface area contributed by atoms with Crippen molar-refractivity contribution in [3.05, 3.63) is 0 Å². The molecule has 1 saturated carbocycles. The molecule has 1 aliphatic carbocycles. The molecule has 56 valence electrons. The number of carbonyl (C=O) groups excluding carboxylic acids is 1. The lowest BCUT2D eigenvalue weighted by Crippen LogP contribution is -2.33. The van der Waals surface area contributed by atoms with E-state index in [0.29, 0.717) is 12.0 Å². The van der Waals surface area contributed by atoms with E-state index in [4.69, 9.17) is 4.74 Å². The average molecular weight is 141 g/mol. The van der Waals surface area contributed by atoms with Gasteiger partial charge in [-0.2, -0.15) is 0 Å². The van der Waals surface area contributed by atoms with Crippen LogP contribution in [0.25, 0.3) is 0 Å². The van der Waals surface area contributed by atoms with E-state index in [-0.39, 0.29) is 12.1 Å². The first-order chi connectivity index (χ1) is 4.71. The first-order valence-corrected chi connectivity index (χ1v) is 3.64. The van der Waals surface area contributed by atoms with Crippen molar-refractivity contribution >= 4 is 6.09 Å². The minimum Gasteiger partial charge on any atom is -0.447 e. The maximum absolute atomic E-state index is 10.6. The number of alkyl carbamates (subject to hydrolysis) is 1. The standard InChI is InChI=1S/C7H11NO2/c1-7(2-3-7)5-4-10-6(9)8-5/h5H,2-4H2,1H3,(H,8,9). The highest BCUT2D eigenvalue weighted by Gasteiger charge is 2.48. The van der Waals surface area contributed by atoms with E-state index in [1.807, 2.05) is 0 Å². The van der Waals surface area contributed by atoms with Gasteiger partial charge in [0.2, 0.25) is 0 Å². The number of cyclic esters (lactones) is 1. The van der Waals surface area contributed by atoms with Crippen molar-refractivity contribution in [2.45, 2.75) is 25.8 Å². The highest BCUT2D eigenvalue weighted by Crippen LogP contribution is 2.48. The Morgan fingerprint density at radius 1 is 1.70 bits per heavy atom. The SMILES string of the molecule is CC1(C2COC(=O)N2)CC1. The third kappa shape index (κ3) is 0.770. The summed E-state index contributed by atoms with van der Waals surface area (Å²) >= 11 is 0. The van der Waals surface area contributed by atoms with Crippen LogP contribution in [-0.2, 0) is 4.74 Å². The van der Waals surface area contributed by atoms with Crippen LogP contribution in [0.2, 0.25) is 0 Å². The zero-order valence-corrected chi connectivity index (χ0v) is 6.02. The molecular formula is C7H11NO2. The van der Waals surface area contributed by atoms with Gasteiger partial charge in [-0.15, -0.1) is 0 Å². The van der Waals surface area contributed by atoms with E-state index in [9.17, 15) is 4.79 Å². The largest absolute Gasteiger partial charge is 0.447 e. The Hall–Kier alpha value is -0.730. The first-order valence-electron chi connectivity index (χ1n) is 3.64. The van der Waals surface area contributed by atoms with Crippen molar-refractivity contribution in [2.75, 3.05) is 6.61 Å². The van der Waals surface area contributed by atoms with Crippen molar-refractivity contribution in [1.29, 1.82) is 0 Å². The summed E-state index contributed by atoms with van der Waals surface area (Å²) in [6, 6.07) is 0.278. The molecule has 1 saturated heterocycles. The summed E-state index contributed by atoms with van der Waals surface area (Å²) in [5.41, 5.74) is 0.353. The summed E-state index contributed by atoms with van der Waals surface area (Å²) in [5.74, 6) is 0. The number of rotatable bonds is 1. The molecule has 1 amide bonds. The molecule has 0 bridgehead atoms. The summed E-state index contributed by atoms with van der Waals surface area (Å²) in [4.78, 5) is 10.6. The van der Waals surface area contributed by atoms with Crippen LogP contribution in [0.3, 0.4) is 0 Å². The first kappa shape index (κ1) is 6.01. The van der Waals surface area contributed by atoms with E-state index in [1.165, 1.54) is 12.8 Å². The normalized spacial score (nSPS) is 34.9. The van der Waals surface area contributed by atoms with E-state index in [2.05, 4.69) is 12.2 Å². The minimum atomic E-state index is -0.252. The topological polar surface area (TPSA) is 38.3 Å². The quantitative estimate of drug-likeness (QED) is 0.589. The van der Waals surface area contributed by atoms with Gasteiger partial charge >= 0.3 is 6.09 Å². The minimum absolute atomic E-state index is 0.252. The Labute approximate surface area is 59.7 Å². The Kier molecular flexibility index (Phi) is 0.993. The molecule has 0 aromatic heterocycles. The van der Waals surface area contributed by atoms with Gasteiger partial charge in [0, 0.05) is 0 Å². The predicted octanol–water partition coefficient (Wildman–Crippen LogP) is 0.895. The Morgan fingerprint density at radius 2 is 2.40 bits per heavy atom. The highest BCUT2D eigenvalue weighted by atomic mass is 16.6. The van der Waals surface area contributed by atoms with Crippen molar-refractivity contribution in [3.8, 4) is 0 Å². The number of carbonyl (C=O) groups is 1. The lowest BCUT2D eigenvalue weighted by Gasteiger charge is -2.13. The molecule has 1 N–H and O–H groups in total. The van der Waals surface area contributed by atoms with Gasteiger partial charge in [-0.1, -0.05) is 6.92 Å². The molecule has 1 unspecified atom stereocenters. The molecule has 2 fully saturated rings. The molecule has 2 aliphatic rings. The Balaban J connectivity index is 2.01. The van der Waals surface area contributed by atoms with Crippen molar-refractivity contribution in [3.63, 3.8) is 0 Å². The summed E-state index contributed by atoms with van der Waals surface area (Å²) in [5, 5.41) is 2.80. The molecule has 0 aromatic carbocycles. The Bertz CT molecular complexity index is 174. The monoisotopic (exact) mass is 141 g/mol. The molecule has 0 radical (unpaired) electrons. The smallest absolute Gasteiger partial charge is 0.407 e. The van der Waals surface area contributed by atoms with Crippen LogP contribution >= 0.6 is 0 Å². The second-order valence-corrected chi connectivity index (χ2v) is 3.45. The molecule has 10 heavy (non-hydrogen) atoms. The zero-order chi connectivity index (χ0) is 7.19. The van der Waals surface area contributed by atoms with Crippen LogP contribution in [-0.4, -0.2) is 18.7 Å². The third-order valence-electron chi connectivity index (χ3n) is 2.55. The van der Waals surface area contributed by atoms with Crippen LogP contribution in [0.1, 0.15) is 19.8 Å². The van der Waals surface area contributed by atoms with Crippen molar-refractivity contribution in [1.82, 2.24) is 5.32 Å². The van der Waals surface area contributed by atoms with Gasteiger partial charge in [-0.25, -0.2) is 4.79 Å². The molecular weight excluding hydrogens is 130 g/mol. The lowest BCUT2D eigenvalue weighted by molar-refractivity contribution is 0.175. The number of nitrogens with one attached hydrogen (secondary N) is 1. The molecule has 0 aromatic rings. The number of hydrogen-bond acceptors (Lipinski definition) is 2. The highest BCUT2D eigenvalue weighted by molar-refractivity contribution is 5.69. The van der Waals surface area contributed by atoms with Crippen LogP contribution in [0, 0.1) is 5.41 Å².